The third-order valence-electron chi connectivity index (χ3n) is 8.82. The van der Waals surface area contributed by atoms with Gasteiger partial charge in [0.05, 0.1) is 23.5 Å². The van der Waals surface area contributed by atoms with E-state index in [9.17, 15) is 22.8 Å². The number of likely N-dealkylation sites (tertiary alicyclic amines) is 1. The van der Waals surface area contributed by atoms with Crippen LogP contribution in [-0.2, 0) is 38.2 Å². The highest BCUT2D eigenvalue weighted by molar-refractivity contribution is 5.89. The predicted molar refractivity (Wildman–Crippen MR) is 124 cm³/mol. The zero-order chi connectivity index (χ0) is 25.7. The highest BCUT2D eigenvalue weighted by Gasteiger charge is 2.59. The zero-order valence-electron chi connectivity index (χ0n) is 20.9. The number of halogens is 3. The molecule has 3 fully saturated rings. The topological polar surface area (TPSA) is 72.0 Å². The average Bonchev–Trinajstić information content (AvgIpc) is 3.11. The summed E-state index contributed by atoms with van der Waals surface area (Å²) in [6.45, 7) is 3.68. The summed E-state index contributed by atoms with van der Waals surface area (Å²) in [6, 6.07) is 1.57. The third-order valence-corrected chi connectivity index (χ3v) is 8.82. The molecule has 5 rings (SSSR count). The molecule has 2 saturated heterocycles. The number of ether oxygens (including phenoxy) is 2. The van der Waals surface area contributed by atoms with Gasteiger partial charge in [-0.05, 0) is 37.3 Å². The molecule has 2 atom stereocenters. The van der Waals surface area contributed by atoms with E-state index in [0.717, 1.165) is 51.0 Å². The van der Waals surface area contributed by atoms with Gasteiger partial charge in [-0.3, -0.25) is 14.6 Å². The zero-order valence-corrected chi connectivity index (χ0v) is 20.9. The van der Waals surface area contributed by atoms with Crippen LogP contribution in [0.25, 0.3) is 0 Å². The normalized spacial score (nSPS) is 30.8. The van der Waals surface area contributed by atoms with E-state index in [4.69, 9.17) is 9.47 Å². The van der Waals surface area contributed by atoms with Gasteiger partial charge in [0.25, 0.3) is 0 Å². The number of piperidine rings is 1. The van der Waals surface area contributed by atoms with Crippen molar-refractivity contribution in [2.24, 2.45) is 11.8 Å². The molecule has 36 heavy (non-hydrogen) atoms. The minimum Gasteiger partial charge on any atom is -0.458 e. The number of carbonyl (C=O) groups is 2. The minimum atomic E-state index is -4.49. The van der Waals surface area contributed by atoms with Gasteiger partial charge in [-0.15, -0.1) is 0 Å². The Labute approximate surface area is 209 Å². The lowest BCUT2D eigenvalue weighted by Crippen LogP contribution is -2.55. The van der Waals surface area contributed by atoms with Crippen LogP contribution in [0.4, 0.5) is 13.2 Å². The minimum absolute atomic E-state index is 0.0629. The number of pyridine rings is 1. The van der Waals surface area contributed by atoms with Crippen LogP contribution in [0.5, 0.6) is 0 Å². The van der Waals surface area contributed by atoms with Crippen molar-refractivity contribution in [1.29, 1.82) is 0 Å². The van der Waals surface area contributed by atoms with E-state index < -0.39 is 29.2 Å². The third kappa shape index (κ3) is 4.62. The van der Waals surface area contributed by atoms with E-state index in [1.54, 1.807) is 18.9 Å². The highest BCUT2D eigenvalue weighted by atomic mass is 19.4. The van der Waals surface area contributed by atoms with Crippen molar-refractivity contribution >= 4 is 11.9 Å². The molecule has 10 heteroatoms. The molecule has 3 aliphatic heterocycles. The van der Waals surface area contributed by atoms with Crippen LogP contribution in [0.1, 0.15) is 62.3 Å². The number of carbonyl (C=O) groups excluding carboxylic acids is 2. The van der Waals surface area contributed by atoms with Gasteiger partial charge in [0.15, 0.2) is 0 Å². The number of rotatable bonds is 3. The van der Waals surface area contributed by atoms with Crippen molar-refractivity contribution in [3.63, 3.8) is 0 Å². The first-order chi connectivity index (χ1) is 17.1. The molecule has 2 unspecified atom stereocenters. The molecule has 1 spiro atoms. The van der Waals surface area contributed by atoms with Gasteiger partial charge in [0.2, 0.25) is 5.91 Å². The van der Waals surface area contributed by atoms with Crippen molar-refractivity contribution in [2.75, 3.05) is 26.7 Å². The fourth-order valence-electron chi connectivity index (χ4n) is 6.68. The van der Waals surface area contributed by atoms with Gasteiger partial charge >= 0.3 is 12.1 Å². The molecule has 198 valence electrons. The SMILES string of the molecule is CO[C@H]1CC[C@H](N2CCC3(CC2)OC(=O)C(C)C3C(=O)N2CCc3ncc(C(F)(F)F)cc3C2)CC1. The molecule has 4 heterocycles. The standard InChI is InChI=1S/C26H34F3N3O4/c1-16-22(23(33)32-10-7-21-17(15-32)13-18(14-30-21)26(27,28)29)25(36-24(16)34)8-11-31(12-9-25)19-3-5-20(35-2)6-4-19/h13-14,16,19-20,22H,3-12,15H2,1-2H3/t16?,19-,20-,22?. The molecule has 1 saturated carbocycles. The van der Waals surface area contributed by atoms with E-state index in [2.05, 4.69) is 9.88 Å². The smallest absolute Gasteiger partial charge is 0.417 e. The molecule has 1 aromatic heterocycles. The van der Waals surface area contributed by atoms with Gasteiger partial charge in [-0.2, -0.15) is 13.2 Å². The fraction of sp³-hybridized carbons (Fsp3) is 0.731. The summed E-state index contributed by atoms with van der Waals surface area (Å²) in [5.74, 6) is -1.77. The Balaban J connectivity index is 1.29. The van der Waals surface area contributed by atoms with Gasteiger partial charge < -0.3 is 19.3 Å². The van der Waals surface area contributed by atoms with Crippen LogP contribution >= 0.6 is 0 Å². The lowest BCUT2D eigenvalue weighted by Gasteiger charge is -2.46. The number of fused-ring (bicyclic) bond motifs is 1. The first-order valence-electron chi connectivity index (χ1n) is 12.9. The number of esters is 1. The monoisotopic (exact) mass is 509 g/mol. The Bertz CT molecular complexity index is 1000. The summed E-state index contributed by atoms with van der Waals surface area (Å²) >= 11 is 0. The van der Waals surface area contributed by atoms with Crippen LogP contribution in [0, 0.1) is 11.8 Å². The van der Waals surface area contributed by atoms with Crippen molar-refractivity contribution in [3.8, 4) is 0 Å². The number of alkyl halides is 3. The van der Waals surface area contributed by atoms with Crippen molar-refractivity contribution in [3.05, 3.63) is 29.1 Å². The number of amides is 1. The second kappa shape index (κ2) is 9.59. The first kappa shape index (κ1) is 25.4. The molecule has 1 amide bonds. The average molecular weight is 510 g/mol. The van der Waals surface area contributed by atoms with E-state index in [1.807, 2.05) is 0 Å². The number of hydrogen-bond acceptors (Lipinski definition) is 6. The Morgan fingerprint density at radius 3 is 2.50 bits per heavy atom. The molecule has 0 aromatic carbocycles. The Morgan fingerprint density at radius 2 is 1.86 bits per heavy atom. The maximum absolute atomic E-state index is 13.8. The Kier molecular flexibility index (Phi) is 6.78. The van der Waals surface area contributed by atoms with Crippen LogP contribution < -0.4 is 0 Å². The summed E-state index contributed by atoms with van der Waals surface area (Å²) < 4.78 is 51.1. The van der Waals surface area contributed by atoms with E-state index >= 15 is 0 Å². The molecular weight excluding hydrogens is 475 g/mol. The van der Waals surface area contributed by atoms with Crippen LogP contribution in [0.3, 0.4) is 0 Å². The van der Waals surface area contributed by atoms with Crippen LogP contribution in [0.2, 0.25) is 0 Å². The van der Waals surface area contributed by atoms with Gasteiger partial charge in [0, 0.05) is 70.5 Å². The lowest BCUT2D eigenvalue weighted by atomic mass is 9.74. The molecule has 0 radical (unpaired) electrons. The highest BCUT2D eigenvalue weighted by Crippen LogP contribution is 2.46. The first-order valence-corrected chi connectivity index (χ1v) is 12.9. The van der Waals surface area contributed by atoms with E-state index in [1.165, 1.54) is 0 Å². The number of hydrogen-bond donors (Lipinski definition) is 0. The Morgan fingerprint density at radius 1 is 1.17 bits per heavy atom. The summed E-state index contributed by atoms with van der Waals surface area (Å²) in [4.78, 5) is 34.5. The quantitative estimate of drug-likeness (QED) is 0.580. The van der Waals surface area contributed by atoms with Crippen molar-refractivity contribution in [2.45, 2.75) is 82.3 Å². The maximum Gasteiger partial charge on any atom is 0.417 e. The molecule has 1 aliphatic carbocycles. The van der Waals surface area contributed by atoms with Crippen molar-refractivity contribution in [1.82, 2.24) is 14.8 Å². The Hall–Kier alpha value is -2.20. The second-order valence-electron chi connectivity index (χ2n) is 10.8. The molecule has 1 aromatic rings. The van der Waals surface area contributed by atoms with Crippen LogP contribution in [0.15, 0.2) is 12.3 Å². The van der Waals surface area contributed by atoms with Gasteiger partial charge in [0.1, 0.15) is 5.60 Å². The summed E-state index contributed by atoms with van der Waals surface area (Å²) in [5.41, 5.74) is -0.658. The second-order valence-corrected chi connectivity index (χ2v) is 10.8. The fourth-order valence-corrected chi connectivity index (χ4v) is 6.68. The van der Waals surface area contributed by atoms with Crippen molar-refractivity contribution < 1.29 is 32.2 Å². The van der Waals surface area contributed by atoms with E-state index in [-0.39, 0.29) is 18.4 Å². The number of aromatic nitrogens is 1. The summed E-state index contributed by atoms with van der Waals surface area (Å²) in [6.07, 6.45) is 2.49. The summed E-state index contributed by atoms with van der Waals surface area (Å²) in [5, 5.41) is 0. The van der Waals surface area contributed by atoms with E-state index in [0.29, 0.717) is 49.2 Å². The van der Waals surface area contributed by atoms with Gasteiger partial charge in [-0.1, -0.05) is 6.92 Å². The summed E-state index contributed by atoms with van der Waals surface area (Å²) in [7, 11) is 1.76. The largest absolute Gasteiger partial charge is 0.458 e. The predicted octanol–water partition coefficient (Wildman–Crippen LogP) is 3.59. The molecular formula is C26H34F3N3O4. The maximum atomic E-state index is 13.8. The van der Waals surface area contributed by atoms with Crippen LogP contribution in [-0.4, -0.2) is 71.2 Å². The lowest BCUT2D eigenvalue weighted by molar-refractivity contribution is -0.159. The number of methoxy groups -OCH3 is 1. The molecule has 7 nitrogen and oxygen atoms in total. The number of nitrogens with zero attached hydrogens (tertiary/aromatic N) is 3. The molecule has 0 N–H and O–H groups in total. The molecule has 4 aliphatic rings. The molecule has 0 bridgehead atoms. The van der Waals surface area contributed by atoms with Gasteiger partial charge in [-0.25, -0.2) is 0 Å².